The first-order chi connectivity index (χ1) is 9.55. The number of pyridine rings is 1. The average Bonchev–Trinajstić information content (AvgIpc) is 2.46. The lowest BCUT2D eigenvalue weighted by Gasteiger charge is -2.10. The summed E-state index contributed by atoms with van der Waals surface area (Å²) in [6.07, 6.45) is 1.42. The number of nitrogens with zero attached hydrogens (tertiary/aromatic N) is 1. The van der Waals surface area contributed by atoms with Gasteiger partial charge in [-0.1, -0.05) is 0 Å². The van der Waals surface area contributed by atoms with Gasteiger partial charge in [0.15, 0.2) is 0 Å². The molecule has 6 heteroatoms. The molecule has 0 unspecified atom stereocenters. The van der Waals surface area contributed by atoms with Crippen LogP contribution in [0.2, 0.25) is 0 Å². The van der Waals surface area contributed by atoms with Gasteiger partial charge in [0.2, 0.25) is 0 Å². The summed E-state index contributed by atoms with van der Waals surface area (Å²) in [5.74, 6) is 0.205. The molecular formula is C14H14N2O4. The van der Waals surface area contributed by atoms with E-state index in [0.29, 0.717) is 22.6 Å². The Morgan fingerprint density at radius 1 is 1.15 bits per heavy atom. The van der Waals surface area contributed by atoms with Gasteiger partial charge >= 0.3 is 5.97 Å². The van der Waals surface area contributed by atoms with Crippen molar-refractivity contribution in [2.24, 2.45) is 0 Å². The number of rotatable bonds is 4. The Bertz CT molecular complexity index is 633. The van der Waals surface area contributed by atoms with E-state index in [9.17, 15) is 9.90 Å². The van der Waals surface area contributed by atoms with Crippen molar-refractivity contribution >= 4 is 11.8 Å². The number of carboxylic acid groups (broad SMARTS) is 1. The highest BCUT2D eigenvalue weighted by Crippen LogP contribution is 2.31. The third kappa shape index (κ3) is 2.64. The summed E-state index contributed by atoms with van der Waals surface area (Å²) in [7, 11) is 3.05. The summed E-state index contributed by atoms with van der Waals surface area (Å²) in [5.41, 5.74) is 6.69. The topological polar surface area (TPSA) is 94.7 Å². The van der Waals surface area contributed by atoms with Crippen LogP contribution in [0.15, 0.2) is 30.5 Å². The summed E-state index contributed by atoms with van der Waals surface area (Å²) in [6.45, 7) is 0. The van der Waals surface area contributed by atoms with Crippen molar-refractivity contribution in [3.63, 3.8) is 0 Å². The molecule has 6 nitrogen and oxygen atoms in total. The molecule has 3 N–H and O–H groups in total. The molecule has 1 heterocycles. The van der Waals surface area contributed by atoms with Gasteiger partial charge in [0.1, 0.15) is 17.3 Å². The van der Waals surface area contributed by atoms with Gasteiger partial charge < -0.3 is 20.3 Å². The number of carboxylic acids is 1. The monoisotopic (exact) mass is 274 g/mol. The fraction of sp³-hybridized carbons (Fsp3) is 0.143. The Balaban J connectivity index is 2.64. The van der Waals surface area contributed by atoms with Gasteiger partial charge in [-0.05, 0) is 23.8 Å². The van der Waals surface area contributed by atoms with Gasteiger partial charge in [-0.2, -0.15) is 0 Å². The fourth-order valence-electron chi connectivity index (χ4n) is 1.84. The molecule has 1 aromatic carbocycles. The Labute approximate surface area is 115 Å². The molecule has 0 aliphatic heterocycles. The lowest BCUT2D eigenvalue weighted by Crippen LogP contribution is -2.03. The lowest BCUT2D eigenvalue weighted by molar-refractivity contribution is 0.0697. The Morgan fingerprint density at radius 3 is 2.25 bits per heavy atom. The predicted molar refractivity (Wildman–Crippen MR) is 74.1 cm³/mol. The quantitative estimate of drug-likeness (QED) is 0.886. The fourth-order valence-corrected chi connectivity index (χ4v) is 1.84. The molecular weight excluding hydrogens is 260 g/mol. The molecule has 0 bridgehead atoms. The number of hydrogen-bond acceptors (Lipinski definition) is 5. The van der Waals surface area contributed by atoms with Crippen LogP contribution in [0.5, 0.6) is 11.5 Å². The van der Waals surface area contributed by atoms with Crippen molar-refractivity contribution in [2.75, 3.05) is 20.0 Å². The maximum atomic E-state index is 11.3. The van der Waals surface area contributed by atoms with E-state index < -0.39 is 5.97 Å². The zero-order valence-electron chi connectivity index (χ0n) is 11.1. The summed E-state index contributed by atoms with van der Waals surface area (Å²) in [5, 5.41) is 9.26. The van der Waals surface area contributed by atoms with Crippen molar-refractivity contribution in [2.45, 2.75) is 0 Å². The number of aromatic carboxylic acids is 1. The number of aromatic nitrogens is 1. The van der Waals surface area contributed by atoms with Gasteiger partial charge in [-0.15, -0.1) is 0 Å². The van der Waals surface area contributed by atoms with Gasteiger partial charge in [0.05, 0.1) is 19.8 Å². The van der Waals surface area contributed by atoms with Crippen molar-refractivity contribution in [1.82, 2.24) is 4.98 Å². The van der Waals surface area contributed by atoms with E-state index in [4.69, 9.17) is 15.2 Å². The standard InChI is InChI=1S/C14H14N2O4/c1-19-9-3-8(4-10(5-9)20-2)12-7-16-13(15)6-11(12)14(17)18/h3-7H,1-2H3,(H2,15,16)(H,17,18). The van der Waals surface area contributed by atoms with E-state index in [0.717, 1.165) is 0 Å². The molecule has 1 aromatic heterocycles. The molecule has 0 aliphatic carbocycles. The molecule has 2 aromatic rings. The van der Waals surface area contributed by atoms with Crippen LogP contribution in [0.3, 0.4) is 0 Å². The van der Waals surface area contributed by atoms with Crippen LogP contribution in [0, 0.1) is 0 Å². The normalized spacial score (nSPS) is 10.1. The third-order valence-electron chi connectivity index (χ3n) is 2.82. The van der Waals surface area contributed by atoms with Gasteiger partial charge in [0.25, 0.3) is 0 Å². The first-order valence-corrected chi connectivity index (χ1v) is 5.77. The number of carbonyl (C=O) groups is 1. The van der Waals surface area contributed by atoms with Crippen LogP contribution < -0.4 is 15.2 Å². The largest absolute Gasteiger partial charge is 0.497 e. The van der Waals surface area contributed by atoms with E-state index >= 15 is 0 Å². The second-order valence-electron chi connectivity index (χ2n) is 4.06. The molecule has 0 saturated heterocycles. The minimum Gasteiger partial charge on any atom is -0.497 e. The van der Waals surface area contributed by atoms with Crippen molar-refractivity contribution < 1.29 is 19.4 Å². The first kappa shape index (κ1) is 13.7. The summed E-state index contributed by atoms with van der Waals surface area (Å²) >= 11 is 0. The van der Waals surface area contributed by atoms with Gasteiger partial charge in [0, 0.05) is 17.8 Å². The summed E-state index contributed by atoms with van der Waals surface area (Å²) in [4.78, 5) is 15.3. The molecule has 0 saturated carbocycles. The predicted octanol–water partition coefficient (Wildman–Crippen LogP) is 2.05. The lowest BCUT2D eigenvalue weighted by atomic mass is 10.0. The second-order valence-corrected chi connectivity index (χ2v) is 4.06. The second kappa shape index (κ2) is 5.48. The number of nitrogen functional groups attached to an aromatic ring is 1. The molecule has 0 fully saturated rings. The van der Waals surface area contributed by atoms with Crippen molar-refractivity contribution in [1.29, 1.82) is 0 Å². The number of methoxy groups -OCH3 is 2. The van der Waals surface area contributed by atoms with Crippen molar-refractivity contribution in [3.05, 3.63) is 36.0 Å². The maximum absolute atomic E-state index is 11.3. The van der Waals surface area contributed by atoms with E-state index in [1.165, 1.54) is 26.5 Å². The summed E-state index contributed by atoms with van der Waals surface area (Å²) in [6, 6.07) is 6.45. The highest BCUT2D eigenvalue weighted by atomic mass is 16.5. The zero-order chi connectivity index (χ0) is 14.7. The van der Waals surface area contributed by atoms with E-state index in [1.54, 1.807) is 18.2 Å². The van der Waals surface area contributed by atoms with Gasteiger partial charge in [-0.3, -0.25) is 0 Å². The number of nitrogens with two attached hydrogens (primary N) is 1. The Hall–Kier alpha value is -2.76. The molecule has 0 amide bonds. The van der Waals surface area contributed by atoms with E-state index in [1.807, 2.05) is 0 Å². The minimum absolute atomic E-state index is 0.0767. The highest BCUT2D eigenvalue weighted by Gasteiger charge is 2.14. The van der Waals surface area contributed by atoms with Crippen LogP contribution in [0.4, 0.5) is 5.82 Å². The molecule has 0 aliphatic rings. The molecule has 0 radical (unpaired) electrons. The highest BCUT2D eigenvalue weighted by molar-refractivity contribution is 5.96. The molecule has 104 valence electrons. The van der Waals surface area contributed by atoms with Crippen molar-refractivity contribution in [3.8, 4) is 22.6 Å². The Morgan fingerprint density at radius 2 is 1.75 bits per heavy atom. The average molecular weight is 274 g/mol. The van der Waals surface area contributed by atoms with Crippen LogP contribution in [-0.4, -0.2) is 30.3 Å². The van der Waals surface area contributed by atoms with E-state index in [2.05, 4.69) is 4.98 Å². The third-order valence-corrected chi connectivity index (χ3v) is 2.82. The number of benzene rings is 1. The number of anilines is 1. The molecule has 20 heavy (non-hydrogen) atoms. The first-order valence-electron chi connectivity index (χ1n) is 5.77. The SMILES string of the molecule is COc1cc(OC)cc(-c2cnc(N)cc2C(=O)O)c1. The van der Waals surface area contributed by atoms with Gasteiger partial charge in [-0.25, -0.2) is 9.78 Å². The van der Waals surface area contributed by atoms with E-state index in [-0.39, 0.29) is 11.4 Å². The van der Waals surface area contributed by atoms with Crippen LogP contribution in [0.25, 0.3) is 11.1 Å². The van der Waals surface area contributed by atoms with Crippen LogP contribution in [0.1, 0.15) is 10.4 Å². The molecule has 0 atom stereocenters. The van der Waals surface area contributed by atoms with Crippen LogP contribution in [-0.2, 0) is 0 Å². The summed E-state index contributed by atoms with van der Waals surface area (Å²) < 4.78 is 10.3. The minimum atomic E-state index is -1.07. The maximum Gasteiger partial charge on any atom is 0.336 e. The van der Waals surface area contributed by atoms with Crippen LogP contribution >= 0.6 is 0 Å². The zero-order valence-corrected chi connectivity index (χ0v) is 11.1. The smallest absolute Gasteiger partial charge is 0.336 e. The molecule has 0 spiro atoms. The Kier molecular flexibility index (Phi) is 3.74. The number of hydrogen-bond donors (Lipinski definition) is 2. The molecule has 2 rings (SSSR count). The number of ether oxygens (including phenoxy) is 2.